The number of carboxylic acids is 2. The first-order valence-corrected chi connectivity index (χ1v) is 8.83. The summed E-state index contributed by atoms with van der Waals surface area (Å²) < 4.78 is 0.538. The van der Waals surface area contributed by atoms with Gasteiger partial charge in [-0.15, -0.1) is 0 Å². The van der Waals surface area contributed by atoms with Gasteiger partial charge in [-0.1, -0.05) is 30.7 Å². The maximum Gasteiger partial charge on any atom is 0.328 e. The summed E-state index contributed by atoms with van der Waals surface area (Å²) >= 11 is 0. The molecule has 6 nitrogen and oxygen atoms in total. The number of aliphatic carboxylic acids is 2. The van der Waals surface area contributed by atoms with Crippen molar-refractivity contribution in [3.05, 3.63) is 41.5 Å². The third-order valence-corrected chi connectivity index (χ3v) is 5.12. The van der Waals surface area contributed by atoms with Crippen molar-refractivity contribution in [2.75, 3.05) is 20.6 Å². The Balaban J connectivity index is 2.32. The maximum absolute atomic E-state index is 12.9. The molecule has 140 valence electrons. The summed E-state index contributed by atoms with van der Waals surface area (Å²) in [5.41, 5.74) is -0.195. The Morgan fingerprint density at radius 3 is 2.23 bits per heavy atom. The van der Waals surface area contributed by atoms with Crippen LogP contribution in [0, 0.1) is 0 Å². The van der Waals surface area contributed by atoms with Crippen molar-refractivity contribution < 1.29 is 29.1 Å². The Morgan fingerprint density at radius 2 is 1.69 bits per heavy atom. The van der Waals surface area contributed by atoms with Crippen LogP contribution in [0.25, 0.3) is 5.57 Å². The molecule has 26 heavy (non-hydrogen) atoms. The minimum absolute atomic E-state index is 0.0866. The quantitative estimate of drug-likeness (QED) is 0.452. The van der Waals surface area contributed by atoms with Crippen molar-refractivity contribution in [3.8, 4) is 0 Å². The highest BCUT2D eigenvalue weighted by Crippen LogP contribution is 2.27. The zero-order chi connectivity index (χ0) is 19.3. The molecule has 0 bridgehead atoms. The van der Waals surface area contributed by atoms with E-state index >= 15 is 0 Å². The number of likely N-dealkylation sites (N-methyl/N-ethyl adjacent to an activating group) is 1. The summed E-state index contributed by atoms with van der Waals surface area (Å²) in [6.45, 7) is 0.231. The summed E-state index contributed by atoms with van der Waals surface area (Å²) in [4.78, 5) is 35.3. The average Bonchev–Trinajstić information content (AvgIpc) is 2.59. The number of carbonyl (C=O) groups is 3. The number of ketones is 1. The molecular weight excluding hydrogens is 334 g/mol. The zero-order valence-corrected chi connectivity index (χ0v) is 15.2. The van der Waals surface area contributed by atoms with Gasteiger partial charge in [-0.25, -0.2) is 4.79 Å². The molecule has 1 saturated carbocycles. The summed E-state index contributed by atoms with van der Waals surface area (Å²) in [7, 11) is 4.03. The van der Waals surface area contributed by atoms with Crippen molar-refractivity contribution in [2.24, 2.45) is 0 Å². The van der Waals surface area contributed by atoms with Gasteiger partial charge in [0.25, 0.3) is 0 Å². The van der Waals surface area contributed by atoms with Crippen molar-refractivity contribution in [3.63, 3.8) is 0 Å². The Morgan fingerprint density at radius 1 is 1.12 bits per heavy atom. The monoisotopic (exact) mass is 359 g/mol. The van der Waals surface area contributed by atoms with Crippen LogP contribution in [-0.2, 0) is 9.59 Å². The van der Waals surface area contributed by atoms with E-state index in [0.717, 1.165) is 25.7 Å². The van der Waals surface area contributed by atoms with Gasteiger partial charge in [0.1, 0.15) is 6.54 Å². The van der Waals surface area contributed by atoms with E-state index in [4.69, 9.17) is 5.11 Å². The minimum Gasteiger partial charge on any atom is -0.545 e. The first-order valence-electron chi connectivity index (χ1n) is 8.83. The molecule has 1 aromatic carbocycles. The largest absolute Gasteiger partial charge is 0.545 e. The van der Waals surface area contributed by atoms with Crippen molar-refractivity contribution in [1.29, 1.82) is 0 Å². The fourth-order valence-electron chi connectivity index (χ4n) is 3.70. The zero-order valence-electron chi connectivity index (χ0n) is 15.2. The van der Waals surface area contributed by atoms with E-state index in [1.807, 2.05) is 14.1 Å². The Kier molecular flexibility index (Phi) is 6.32. The van der Waals surface area contributed by atoms with Crippen LogP contribution in [0.15, 0.2) is 30.3 Å². The van der Waals surface area contributed by atoms with Crippen LogP contribution in [0.4, 0.5) is 0 Å². The van der Waals surface area contributed by atoms with Crippen molar-refractivity contribution in [2.45, 2.75) is 38.1 Å². The molecule has 0 unspecified atom stereocenters. The van der Waals surface area contributed by atoms with Gasteiger partial charge in [-0.2, -0.15) is 0 Å². The highest BCUT2D eigenvalue weighted by molar-refractivity contribution is 6.21. The van der Waals surface area contributed by atoms with Crippen LogP contribution >= 0.6 is 0 Å². The van der Waals surface area contributed by atoms with Gasteiger partial charge < -0.3 is 19.5 Å². The molecule has 0 aromatic heterocycles. The average molecular weight is 359 g/mol. The van der Waals surface area contributed by atoms with E-state index in [1.54, 1.807) is 12.1 Å². The van der Waals surface area contributed by atoms with Crippen LogP contribution in [0.1, 0.15) is 48.0 Å². The number of Topliss-reactive ketones (excluding diaryl/α,β-unsaturated/α-hetero) is 1. The summed E-state index contributed by atoms with van der Waals surface area (Å²) in [6, 6.07) is 6.60. The van der Waals surface area contributed by atoms with Gasteiger partial charge >= 0.3 is 5.97 Å². The number of hydrogen-bond acceptors (Lipinski definition) is 4. The Bertz CT molecular complexity index is 729. The predicted molar refractivity (Wildman–Crippen MR) is 95.2 cm³/mol. The van der Waals surface area contributed by atoms with Gasteiger partial charge in [0.15, 0.2) is 0 Å². The van der Waals surface area contributed by atoms with E-state index in [2.05, 4.69) is 0 Å². The normalized spacial score (nSPS) is 16.3. The molecule has 0 amide bonds. The molecule has 0 spiro atoms. The molecule has 1 aliphatic rings. The van der Waals surface area contributed by atoms with Crippen LogP contribution in [0.5, 0.6) is 0 Å². The lowest BCUT2D eigenvalue weighted by molar-refractivity contribution is -0.908. The molecule has 2 rings (SSSR count). The Hall–Kier alpha value is -2.47. The predicted octanol–water partition coefficient (Wildman–Crippen LogP) is 1.50. The lowest BCUT2D eigenvalue weighted by Gasteiger charge is -2.39. The smallest absolute Gasteiger partial charge is 0.328 e. The highest BCUT2D eigenvalue weighted by atomic mass is 16.4. The number of benzene rings is 1. The van der Waals surface area contributed by atoms with Crippen LogP contribution in [0.2, 0.25) is 0 Å². The highest BCUT2D eigenvalue weighted by Gasteiger charge is 2.32. The first-order chi connectivity index (χ1) is 12.2. The molecule has 0 radical (unpaired) electrons. The lowest BCUT2D eigenvalue weighted by atomic mass is 9.91. The maximum atomic E-state index is 12.9. The summed E-state index contributed by atoms with van der Waals surface area (Å²) in [5, 5.41) is 20.3. The second-order valence-corrected chi connectivity index (χ2v) is 7.38. The van der Waals surface area contributed by atoms with Gasteiger partial charge in [0.05, 0.1) is 26.1 Å². The van der Waals surface area contributed by atoms with Crippen LogP contribution < -0.4 is 5.11 Å². The number of nitrogens with zero attached hydrogens (tertiary/aromatic N) is 1. The molecule has 1 fully saturated rings. The topological polar surface area (TPSA) is 94.5 Å². The molecular formula is C20H25NO5. The molecule has 0 heterocycles. The molecule has 1 aliphatic carbocycles. The first kappa shape index (κ1) is 19.8. The number of carboxylic acid groups (broad SMARTS) is 2. The van der Waals surface area contributed by atoms with E-state index in [0.29, 0.717) is 16.6 Å². The van der Waals surface area contributed by atoms with Gasteiger partial charge in [0.2, 0.25) is 5.78 Å². The van der Waals surface area contributed by atoms with Gasteiger partial charge in [-0.3, -0.25) is 4.79 Å². The molecule has 1 aromatic rings. The standard InChI is InChI=1S/C20H25NO5/c1-21(2,14-8-4-3-5-9-14)13-18(22)16-11-7-6-10-15(16)17(20(25)26)12-19(23)24/h6-7,10-12,14H,3-5,8-9,13H2,1-2H3,(H-,23,24,25,26)/b17-12-. The van der Waals surface area contributed by atoms with Crippen molar-refractivity contribution >= 4 is 23.3 Å². The summed E-state index contributed by atoms with van der Waals surface area (Å²) in [5.74, 6) is -3.22. The minimum atomic E-state index is -1.62. The van der Waals surface area contributed by atoms with Gasteiger partial charge in [-0.05, 0) is 31.2 Å². The number of rotatable bonds is 7. The third kappa shape index (κ3) is 4.79. The van der Waals surface area contributed by atoms with Gasteiger partial charge in [0, 0.05) is 17.2 Å². The van der Waals surface area contributed by atoms with E-state index < -0.39 is 17.5 Å². The summed E-state index contributed by atoms with van der Waals surface area (Å²) in [6.07, 6.45) is 6.27. The SMILES string of the molecule is C[N+](C)(CC(=O)c1ccccc1/C(=C/C(=O)O)C(=O)[O-])C1CCCCC1. The number of quaternary nitrogens is 1. The van der Waals surface area contributed by atoms with Crippen LogP contribution in [0.3, 0.4) is 0 Å². The third-order valence-electron chi connectivity index (χ3n) is 5.12. The van der Waals surface area contributed by atoms with Crippen LogP contribution in [-0.4, -0.2) is 54.0 Å². The molecule has 0 saturated heterocycles. The number of carbonyl (C=O) groups excluding carboxylic acids is 2. The molecule has 6 heteroatoms. The van der Waals surface area contributed by atoms with Crippen molar-refractivity contribution in [1.82, 2.24) is 0 Å². The molecule has 0 atom stereocenters. The Labute approximate surface area is 153 Å². The fraction of sp³-hybridized carbons (Fsp3) is 0.450. The second-order valence-electron chi connectivity index (χ2n) is 7.38. The second kappa shape index (κ2) is 8.27. The molecule has 1 N–H and O–H groups in total. The molecule has 0 aliphatic heterocycles. The number of hydrogen-bond donors (Lipinski definition) is 1. The van der Waals surface area contributed by atoms with E-state index in [9.17, 15) is 19.5 Å². The lowest BCUT2D eigenvalue weighted by Crippen LogP contribution is -2.52. The van der Waals surface area contributed by atoms with E-state index in [1.165, 1.54) is 18.6 Å². The fourth-order valence-corrected chi connectivity index (χ4v) is 3.70. The van der Waals surface area contributed by atoms with E-state index in [-0.39, 0.29) is 23.5 Å².